The molecule has 1 aliphatic rings. The topological polar surface area (TPSA) is 49.8 Å². The van der Waals surface area contributed by atoms with Crippen LogP contribution in [0.25, 0.3) is 0 Å². The number of benzene rings is 1. The molecule has 4 heteroatoms. The van der Waals surface area contributed by atoms with Crippen LogP contribution in [0.5, 0.6) is 0 Å². The maximum absolute atomic E-state index is 11.8. The zero-order chi connectivity index (χ0) is 13.1. The van der Waals surface area contributed by atoms with Crippen LogP contribution in [-0.4, -0.2) is 34.3 Å². The van der Waals surface area contributed by atoms with E-state index in [1.807, 2.05) is 30.3 Å². The summed E-state index contributed by atoms with van der Waals surface area (Å²) in [7, 11) is 0. The van der Waals surface area contributed by atoms with Crippen molar-refractivity contribution in [2.75, 3.05) is 0 Å². The van der Waals surface area contributed by atoms with Crippen molar-refractivity contribution in [2.45, 2.75) is 31.7 Å². The Labute approximate surface area is 106 Å². The fraction of sp³-hybridized carbons (Fsp3) is 0.357. The van der Waals surface area contributed by atoms with Crippen LogP contribution in [0.3, 0.4) is 0 Å². The van der Waals surface area contributed by atoms with Gasteiger partial charge in [0.1, 0.15) is 12.1 Å². The van der Waals surface area contributed by atoms with Gasteiger partial charge in [-0.25, -0.2) is 4.79 Å². The van der Waals surface area contributed by atoms with Crippen LogP contribution >= 0.6 is 0 Å². The molecule has 1 aromatic rings. The molecule has 1 N–H and O–H groups in total. The Bertz CT molecular complexity index is 430. The minimum atomic E-state index is -0.664. The van der Waals surface area contributed by atoms with E-state index in [0.717, 1.165) is 5.56 Å². The van der Waals surface area contributed by atoms with Crippen molar-refractivity contribution in [3.8, 4) is 0 Å². The predicted octanol–water partition coefficient (Wildman–Crippen LogP) is 1.94. The lowest BCUT2D eigenvalue weighted by molar-refractivity contribution is 0.0820. The van der Waals surface area contributed by atoms with Gasteiger partial charge in [-0.2, -0.15) is 0 Å². The van der Waals surface area contributed by atoms with Crippen LogP contribution < -0.4 is 0 Å². The first-order valence-electron chi connectivity index (χ1n) is 5.95. The number of carbonyl (C=O) groups is 1. The van der Waals surface area contributed by atoms with Crippen molar-refractivity contribution < 1.29 is 14.6 Å². The highest BCUT2D eigenvalue weighted by Gasteiger charge is 2.42. The molecule has 1 aromatic carbocycles. The third-order valence-electron chi connectivity index (χ3n) is 3.09. The Hall–Kier alpha value is -1.81. The second-order valence-electron chi connectivity index (χ2n) is 4.43. The van der Waals surface area contributed by atoms with Gasteiger partial charge in [0.05, 0.1) is 6.10 Å². The molecule has 0 aromatic heterocycles. The number of amides is 1. The Kier molecular flexibility index (Phi) is 3.67. The molecular formula is C14H17NO3. The Morgan fingerprint density at radius 3 is 2.72 bits per heavy atom. The third-order valence-corrected chi connectivity index (χ3v) is 3.09. The Morgan fingerprint density at radius 1 is 1.50 bits per heavy atom. The monoisotopic (exact) mass is 247 g/mol. The molecule has 0 bridgehead atoms. The highest BCUT2D eigenvalue weighted by molar-refractivity contribution is 5.71. The quantitative estimate of drug-likeness (QED) is 0.827. The number of aliphatic hydroxyl groups excluding tert-OH is 1. The van der Waals surface area contributed by atoms with Crippen LogP contribution in [0, 0.1) is 0 Å². The van der Waals surface area contributed by atoms with Gasteiger partial charge in [0.2, 0.25) is 0 Å². The highest BCUT2D eigenvalue weighted by Crippen LogP contribution is 2.25. The first-order valence-corrected chi connectivity index (χ1v) is 5.95. The van der Waals surface area contributed by atoms with E-state index in [2.05, 4.69) is 6.58 Å². The van der Waals surface area contributed by atoms with E-state index in [4.69, 9.17) is 4.74 Å². The summed E-state index contributed by atoms with van der Waals surface area (Å²) in [6.07, 6.45) is 0.0272. The Balaban J connectivity index is 2.19. The maximum atomic E-state index is 11.8. The summed E-state index contributed by atoms with van der Waals surface area (Å²) in [5, 5.41) is 9.80. The average Bonchev–Trinajstić information content (AvgIpc) is 2.67. The van der Waals surface area contributed by atoms with E-state index >= 15 is 0 Å². The van der Waals surface area contributed by atoms with E-state index in [9.17, 15) is 9.90 Å². The molecule has 0 spiro atoms. The maximum Gasteiger partial charge on any atom is 0.411 e. The largest absolute Gasteiger partial charge is 0.440 e. The highest BCUT2D eigenvalue weighted by atomic mass is 16.6. The molecule has 0 radical (unpaired) electrons. The summed E-state index contributed by atoms with van der Waals surface area (Å²) < 4.78 is 5.18. The zero-order valence-electron chi connectivity index (χ0n) is 10.3. The van der Waals surface area contributed by atoms with E-state index in [1.54, 1.807) is 17.9 Å². The van der Waals surface area contributed by atoms with Gasteiger partial charge >= 0.3 is 6.09 Å². The number of nitrogens with zero attached hydrogens (tertiary/aromatic N) is 1. The van der Waals surface area contributed by atoms with Crippen LogP contribution in [0.1, 0.15) is 12.5 Å². The summed E-state index contributed by atoms with van der Waals surface area (Å²) in [4.78, 5) is 13.4. The molecule has 96 valence electrons. The van der Waals surface area contributed by atoms with Crippen molar-refractivity contribution >= 4 is 6.09 Å². The summed E-state index contributed by atoms with van der Waals surface area (Å²) in [6, 6.07) is 9.25. The lowest BCUT2D eigenvalue weighted by Gasteiger charge is -2.25. The Morgan fingerprint density at radius 2 is 2.17 bits per heavy atom. The molecule has 4 nitrogen and oxygen atoms in total. The lowest BCUT2D eigenvalue weighted by atomic mass is 10.0. The molecule has 1 heterocycles. The smallest absolute Gasteiger partial charge is 0.411 e. The number of rotatable bonds is 4. The number of carbonyl (C=O) groups excluding carboxylic acids is 1. The number of hydrogen-bond acceptors (Lipinski definition) is 3. The number of ether oxygens (including phenoxy) is 1. The van der Waals surface area contributed by atoms with Gasteiger partial charge in [0.15, 0.2) is 0 Å². The summed E-state index contributed by atoms with van der Waals surface area (Å²) in [5.74, 6) is 0. The number of aliphatic hydroxyl groups is 1. The van der Waals surface area contributed by atoms with Crippen molar-refractivity contribution in [1.29, 1.82) is 0 Å². The lowest BCUT2D eigenvalue weighted by Crippen LogP contribution is -2.43. The molecule has 0 saturated carbocycles. The fourth-order valence-electron chi connectivity index (χ4n) is 2.23. The average molecular weight is 247 g/mol. The van der Waals surface area contributed by atoms with Crippen molar-refractivity contribution in [3.63, 3.8) is 0 Å². The number of cyclic esters (lactones) is 1. The van der Waals surface area contributed by atoms with Crippen LogP contribution in [0.4, 0.5) is 4.79 Å². The molecular weight excluding hydrogens is 230 g/mol. The van der Waals surface area contributed by atoms with Crippen molar-refractivity contribution in [3.05, 3.63) is 48.6 Å². The van der Waals surface area contributed by atoms with Crippen LogP contribution in [0.15, 0.2) is 43.0 Å². The van der Waals surface area contributed by atoms with E-state index < -0.39 is 18.3 Å². The summed E-state index contributed by atoms with van der Waals surface area (Å²) >= 11 is 0. The molecule has 0 unspecified atom stereocenters. The molecule has 2 rings (SSSR count). The van der Waals surface area contributed by atoms with Crippen molar-refractivity contribution in [1.82, 2.24) is 4.90 Å². The first kappa shape index (κ1) is 12.6. The van der Waals surface area contributed by atoms with Crippen LogP contribution in [0.2, 0.25) is 0 Å². The normalized spacial score (nSPS) is 24.8. The van der Waals surface area contributed by atoms with E-state index in [0.29, 0.717) is 6.54 Å². The minimum Gasteiger partial charge on any atom is -0.440 e. The standard InChI is InChI=1S/C14H17NO3/c1-3-12-13(10(2)16)15(14(17)18-12)9-11-7-5-4-6-8-11/h3-8,10,12-13,16H,1,9H2,2H3/t10-,12-,13+/m1/s1. The van der Waals surface area contributed by atoms with Gasteiger partial charge in [-0.3, -0.25) is 4.90 Å². The second-order valence-corrected chi connectivity index (χ2v) is 4.43. The molecule has 0 aliphatic carbocycles. The van der Waals surface area contributed by atoms with Crippen molar-refractivity contribution in [2.24, 2.45) is 0 Å². The molecule has 18 heavy (non-hydrogen) atoms. The number of hydrogen-bond donors (Lipinski definition) is 1. The van der Waals surface area contributed by atoms with E-state index in [1.165, 1.54) is 0 Å². The molecule has 1 saturated heterocycles. The predicted molar refractivity (Wildman–Crippen MR) is 67.9 cm³/mol. The zero-order valence-corrected chi connectivity index (χ0v) is 10.3. The second kappa shape index (κ2) is 5.23. The molecule has 3 atom stereocenters. The van der Waals surface area contributed by atoms with Gasteiger partial charge in [0.25, 0.3) is 0 Å². The fourth-order valence-corrected chi connectivity index (χ4v) is 2.23. The van der Waals surface area contributed by atoms with Gasteiger partial charge in [-0.15, -0.1) is 0 Å². The van der Waals surface area contributed by atoms with Gasteiger partial charge in [-0.1, -0.05) is 36.9 Å². The SMILES string of the molecule is C=C[C@H]1OC(=O)N(Cc2ccccc2)[C@H]1[C@@H](C)O. The van der Waals surface area contributed by atoms with E-state index in [-0.39, 0.29) is 6.04 Å². The van der Waals surface area contributed by atoms with Gasteiger partial charge in [-0.05, 0) is 18.6 Å². The minimum absolute atomic E-state index is 0.379. The summed E-state index contributed by atoms with van der Waals surface area (Å²) in [5.41, 5.74) is 1.00. The molecule has 1 amide bonds. The van der Waals surface area contributed by atoms with Crippen LogP contribution in [-0.2, 0) is 11.3 Å². The van der Waals surface area contributed by atoms with Gasteiger partial charge < -0.3 is 9.84 Å². The molecule has 1 fully saturated rings. The third kappa shape index (κ3) is 2.38. The summed E-state index contributed by atoms with van der Waals surface area (Å²) in [6.45, 7) is 5.72. The first-order chi connectivity index (χ1) is 8.63. The van der Waals surface area contributed by atoms with Gasteiger partial charge in [0, 0.05) is 6.54 Å². The molecule has 1 aliphatic heterocycles.